The first-order valence-corrected chi connectivity index (χ1v) is 11.4. The summed E-state index contributed by atoms with van der Waals surface area (Å²) in [4.78, 5) is 31.8. The third kappa shape index (κ3) is 4.89. The number of likely N-dealkylation sites (N-methyl/N-ethyl adjacent to an activating group) is 1. The van der Waals surface area contributed by atoms with Crippen LogP contribution in [0.2, 0.25) is 0 Å². The summed E-state index contributed by atoms with van der Waals surface area (Å²) < 4.78 is 5.63. The second-order valence-corrected chi connectivity index (χ2v) is 8.82. The summed E-state index contributed by atoms with van der Waals surface area (Å²) in [6.45, 7) is 4.72. The minimum absolute atomic E-state index is 0.0968. The van der Waals surface area contributed by atoms with Crippen molar-refractivity contribution in [2.45, 2.75) is 33.0 Å². The van der Waals surface area contributed by atoms with Gasteiger partial charge in [-0.25, -0.2) is 4.79 Å². The highest BCUT2D eigenvalue weighted by Crippen LogP contribution is 2.43. The van der Waals surface area contributed by atoms with Crippen molar-refractivity contribution >= 4 is 22.8 Å². The molecule has 1 aromatic heterocycles. The number of rotatable bonds is 8. The fourth-order valence-corrected chi connectivity index (χ4v) is 4.42. The predicted octanol–water partition coefficient (Wildman–Crippen LogP) is 4.21. The van der Waals surface area contributed by atoms with E-state index in [1.54, 1.807) is 20.0 Å². The molecule has 1 N–H and O–H groups in total. The molecule has 0 fully saturated rings. The summed E-state index contributed by atoms with van der Waals surface area (Å²) in [5, 5.41) is 25.7. The van der Waals surface area contributed by atoms with Crippen molar-refractivity contribution in [2.24, 2.45) is 0 Å². The van der Waals surface area contributed by atoms with Gasteiger partial charge in [0.2, 0.25) is 0 Å². The maximum atomic E-state index is 12.4. The van der Waals surface area contributed by atoms with E-state index in [9.17, 15) is 20.0 Å². The zero-order valence-electron chi connectivity index (χ0n) is 20.5. The molecule has 36 heavy (non-hydrogen) atoms. The van der Waals surface area contributed by atoms with E-state index in [0.717, 1.165) is 11.3 Å². The van der Waals surface area contributed by atoms with Crippen molar-refractivity contribution in [3.05, 3.63) is 98.8 Å². The third-order valence-electron chi connectivity index (χ3n) is 6.37. The van der Waals surface area contributed by atoms with Crippen LogP contribution in [0.4, 0.5) is 5.69 Å². The minimum atomic E-state index is -1.12. The van der Waals surface area contributed by atoms with Crippen LogP contribution in [0.15, 0.2) is 70.4 Å². The monoisotopic (exact) mass is 489 g/mol. The van der Waals surface area contributed by atoms with E-state index in [0.29, 0.717) is 35.6 Å². The molecule has 0 saturated heterocycles. The predicted molar refractivity (Wildman–Crippen MR) is 133 cm³/mol. The average molecular weight is 490 g/mol. The number of aliphatic carboxylic acids is 1. The van der Waals surface area contributed by atoms with Gasteiger partial charge in [-0.15, -0.1) is 0 Å². The van der Waals surface area contributed by atoms with Crippen molar-refractivity contribution in [2.75, 3.05) is 14.1 Å². The molecule has 186 valence electrons. The van der Waals surface area contributed by atoms with Crippen LogP contribution < -0.4 is 0 Å². The van der Waals surface area contributed by atoms with Gasteiger partial charge in [0.05, 0.1) is 28.7 Å². The molecule has 0 amide bonds. The highest BCUT2D eigenvalue weighted by molar-refractivity contribution is 6.14. The van der Waals surface area contributed by atoms with Crippen molar-refractivity contribution in [3.8, 4) is 0 Å². The number of hydrogen-bond acceptors (Lipinski definition) is 8. The lowest BCUT2D eigenvalue weighted by Crippen LogP contribution is -2.36. The van der Waals surface area contributed by atoms with Crippen LogP contribution in [0.3, 0.4) is 0 Å². The first-order chi connectivity index (χ1) is 17.2. The Hall–Kier alpha value is -4.31. The molecule has 0 radical (unpaired) electrons. The number of benzene rings is 2. The van der Waals surface area contributed by atoms with Gasteiger partial charge < -0.3 is 14.5 Å². The number of non-ortho nitro benzene ring substituents is 1. The molecule has 0 saturated carbocycles. The second kappa shape index (κ2) is 10.1. The third-order valence-corrected chi connectivity index (χ3v) is 6.37. The first kappa shape index (κ1) is 24.8. The number of carboxylic acid groups (broad SMARTS) is 1. The van der Waals surface area contributed by atoms with Crippen LogP contribution in [0.25, 0.3) is 11.1 Å². The van der Waals surface area contributed by atoms with Gasteiger partial charge >= 0.3 is 5.97 Å². The summed E-state index contributed by atoms with van der Waals surface area (Å²) in [5.74, 6) is -0.516. The van der Waals surface area contributed by atoms with Gasteiger partial charge in [0, 0.05) is 37.0 Å². The van der Waals surface area contributed by atoms with Crippen LogP contribution >= 0.6 is 0 Å². The van der Waals surface area contributed by atoms with E-state index in [2.05, 4.69) is 10.1 Å². The van der Waals surface area contributed by atoms with Gasteiger partial charge in [0.15, 0.2) is 5.82 Å². The summed E-state index contributed by atoms with van der Waals surface area (Å²) in [7, 11) is 3.73. The van der Waals surface area contributed by atoms with Gasteiger partial charge in [0.1, 0.15) is 0 Å². The van der Waals surface area contributed by atoms with E-state index < -0.39 is 16.9 Å². The molecule has 3 aromatic rings. The van der Waals surface area contributed by atoms with Gasteiger partial charge in [-0.05, 0) is 32.0 Å². The normalized spacial score (nSPS) is 16.1. The number of hydrogen-bond donors (Lipinski definition) is 1. The van der Waals surface area contributed by atoms with Crippen molar-refractivity contribution < 1.29 is 19.3 Å². The Morgan fingerprint density at radius 2 is 1.89 bits per heavy atom. The lowest BCUT2D eigenvalue weighted by Gasteiger charge is -2.36. The summed E-state index contributed by atoms with van der Waals surface area (Å²) in [6.07, 6.45) is 0. The van der Waals surface area contributed by atoms with Crippen LogP contribution in [0.1, 0.15) is 36.7 Å². The zero-order valence-corrected chi connectivity index (χ0v) is 20.5. The molecule has 10 heteroatoms. The van der Waals surface area contributed by atoms with E-state index >= 15 is 0 Å². The van der Waals surface area contributed by atoms with Crippen molar-refractivity contribution in [3.63, 3.8) is 0 Å². The lowest BCUT2D eigenvalue weighted by molar-refractivity contribution is -0.384. The number of aromatic nitrogens is 2. The van der Waals surface area contributed by atoms with Crippen LogP contribution in [-0.4, -0.2) is 56.1 Å². The smallest absolute Gasteiger partial charge is 0.334 e. The molecule has 0 spiro atoms. The van der Waals surface area contributed by atoms with Crippen LogP contribution in [0.5, 0.6) is 0 Å². The Labute approximate surface area is 208 Å². The number of nitrogens with zero attached hydrogens (tertiary/aromatic N) is 5. The molecule has 0 aliphatic carbocycles. The molecule has 4 rings (SSSR count). The molecular formula is C26H27N5O5. The van der Waals surface area contributed by atoms with Crippen molar-refractivity contribution in [1.82, 2.24) is 19.9 Å². The highest BCUT2D eigenvalue weighted by Gasteiger charge is 2.36. The SMILES string of the molecule is CC1=C(c2nc(CN(C)Cc3ccccc3)no2)C(c2cccc([N+](=O)[O-])c2)=C(C(=O)O)C(C)N1C. The van der Waals surface area contributed by atoms with Crippen molar-refractivity contribution in [1.29, 1.82) is 0 Å². The van der Waals surface area contributed by atoms with Gasteiger partial charge in [-0.3, -0.25) is 15.0 Å². The maximum absolute atomic E-state index is 12.4. The zero-order chi connectivity index (χ0) is 26.0. The number of allylic oxidation sites excluding steroid dienone is 3. The van der Waals surface area contributed by atoms with E-state index in [1.807, 2.05) is 54.1 Å². The first-order valence-electron chi connectivity index (χ1n) is 11.4. The standard InChI is InChI=1S/C26H27N5O5/c1-16-22(25-27-21(28-36-25)15-29(3)14-18-9-6-5-7-10-18)24(23(26(32)33)17(2)30(16)4)19-11-8-12-20(13-19)31(34)35/h5-13,17H,14-15H2,1-4H3,(H,32,33). The Balaban J connectivity index is 1.75. The molecule has 1 aliphatic heterocycles. The molecule has 2 aromatic carbocycles. The molecule has 1 aliphatic rings. The fraction of sp³-hybridized carbons (Fsp3) is 0.269. The summed E-state index contributed by atoms with van der Waals surface area (Å²) in [6, 6.07) is 15.4. The second-order valence-electron chi connectivity index (χ2n) is 8.82. The molecule has 0 bridgehead atoms. The lowest BCUT2D eigenvalue weighted by atomic mass is 9.84. The molecule has 2 heterocycles. The largest absolute Gasteiger partial charge is 0.478 e. The average Bonchev–Trinajstić information content (AvgIpc) is 3.30. The Morgan fingerprint density at radius 1 is 1.17 bits per heavy atom. The number of nitro benzene ring substituents is 1. The van der Waals surface area contributed by atoms with Gasteiger partial charge in [-0.1, -0.05) is 47.6 Å². The quantitative estimate of drug-likeness (QED) is 0.366. The summed E-state index contributed by atoms with van der Waals surface area (Å²) >= 11 is 0. The van der Waals surface area contributed by atoms with E-state index in [4.69, 9.17) is 4.52 Å². The Morgan fingerprint density at radius 3 is 2.56 bits per heavy atom. The molecule has 1 unspecified atom stereocenters. The fourth-order valence-electron chi connectivity index (χ4n) is 4.42. The summed E-state index contributed by atoms with van der Waals surface area (Å²) in [5.41, 5.74) is 3.01. The molecule has 10 nitrogen and oxygen atoms in total. The maximum Gasteiger partial charge on any atom is 0.334 e. The molecular weight excluding hydrogens is 462 g/mol. The minimum Gasteiger partial charge on any atom is -0.478 e. The van der Waals surface area contributed by atoms with E-state index in [1.165, 1.54) is 18.2 Å². The van der Waals surface area contributed by atoms with Crippen LogP contribution in [0, 0.1) is 10.1 Å². The topological polar surface area (TPSA) is 126 Å². The van der Waals surface area contributed by atoms with Gasteiger partial charge in [0.25, 0.3) is 11.6 Å². The molecule has 1 atom stereocenters. The highest BCUT2D eigenvalue weighted by atomic mass is 16.6. The Kier molecular flexibility index (Phi) is 6.98. The van der Waals surface area contributed by atoms with Gasteiger partial charge in [-0.2, -0.15) is 4.98 Å². The van der Waals surface area contributed by atoms with Crippen LogP contribution in [-0.2, 0) is 17.9 Å². The Bertz CT molecular complexity index is 1360. The number of nitro groups is 1. The number of carboxylic acids is 1. The van der Waals surface area contributed by atoms with E-state index in [-0.39, 0.29) is 17.2 Å². The number of carbonyl (C=O) groups is 1.